The van der Waals surface area contributed by atoms with Crippen LogP contribution in [0.4, 0.5) is 0 Å². The van der Waals surface area contributed by atoms with E-state index in [1.807, 2.05) is 0 Å². The van der Waals surface area contributed by atoms with E-state index in [0.717, 1.165) is 12.8 Å². The second-order valence-electron chi connectivity index (χ2n) is 3.21. The van der Waals surface area contributed by atoms with E-state index in [4.69, 9.17) is 5.21 Å². The zero-order valence-corrected chi connectivity index (χ0v) is 8.58. The molecule has 0 saturated heterocycles. The molecule has 2 nitrogen and oxygen atoms in total. The lowest BCUT2D eigenvalue weighted by Crippen LogP contribution is -1.80. The summed E-state index contributed by atoms with van der Waals surface area (Å²) in [4.78, 5) is 0. The summed E-state index contributed by atoms with van der Waals surface area (Å²) in [7, 11) is 0. The molecular weight excluding hydrogens is 162 g/mol. The first-order chi connectivity index (χ1) is 6.41. The van der Waals surface area contributed by atoms with Crippen molar-refractivity contribution < 1.29 is 5.21 Å². The molecule has 76 valence electrons. The maximum atomic E-state index is 8.13. The predicted molar refractivity (Wildman–Crippen MR) is 57.4 cm³/mol. The van der Waals surface area contributed by atoms with Gasteiger partial charge in [0.05, 0.1) is 0 Å². The standard InChI is InChI=1S/C11H21NO/c1-2-3-4-5-6-7-8-9-10-11-12-13/h2-3,11,13H,4-10H2,1H3/b3-2-,12-11+. The van der Waals surface area contributed by atoms with E-state index in [1.54, 1.807) is 6.21 Å². The first-order valence-electron chi connectivity index (χ1n) is 5.19. The van der Waals surface area contributed by atoms with Crippen molar-refractivity contribution in [2.24, 2.45) is 5.16 Å². The molecule has 0 heterocycles. The van der Waals surface area contributed by atoms with Crippen LogP contribution in [0, 0.1) is 0 Å². The van der Waals surface area contributed by atoms with Gasteiger partial charge in [-0.1, -0.05) is 31.4 Å². The molecule has 0 unspecified atom stereocenters. The molecule has 0 fully saturated rings. The molecule has 0 saturated carbocycles. The number of oxime groups is 1. The maximum absolute atomic E-state index is 8.13. The van der Waals surface area contributed by atoms with E-state index >= 15 is 0 Å². The molecule has 2 heteroatoms. The SMILES string of the molecule is C/C=C\CCCCCCC/C=N/O. The summed E-state index contributed by atoms with van der Waals surface area (Å²) >= 11 is 0. The molecule has 0 radical (unpaired) electrons. The molecule has 0 aromatic heterocycles. The quantitative estimate of drug-likeness (QED) is 0.201. The van der Waals surface area contributed by atoms with Crippen LogP contribution in [0.15, 0.2) is 17.3 Å². The van der Waals surface area contributed by atoms with Gasteiger partial charge >= 0.3 is 0 Å². The average molecular weight is 183 g/mol. The molecule has 0 aliphatic rings. The summed E-state index contributed by atoms with van der Waals surface area (Å²) in [5, 5.41) is 11.1. The fraction of sp³-hybridized carbons (Fsp3) is 0.727. The van der Waals surface area contributed by atoms with E-state index in [-0.39, 0.29) is 0 Å². The van der Waals surface area contributed by atoms with Gasteiger partial charge in [0.1, 0.15) is 0 Å². The first kappa shape index (κ1) is 12.2. The number of hydrogen-bond acceptors (Lipinski definition) is 2. The first-order valence-corrected chi connectivity index (χ1v) is 5.19. The Hall–Kier alpha value is -0.790. The Bertz CT molecular complexity index is 125. The molecule has 0 amide bonds. The van der Waals surface area contributed by atoms with Gasteiger partial charge in [0.15, 0.2) is 0 Å². The van der Waals surface area contributed by atoms with Gasteiger partial charge in [-0.15, -0.1) is 5.16 Å². The van der Waals surface area contributed by atoms with Gasteiger partial charge in [0.2, 0.25) is 0 Å². The van der Waals surface area contributed by atoms with E-state index in [1.165, 1.54) is 32.1 Å². The van der Waals surface area contributed by atoms with Gasteiger partial charge in [0, 0.05) is 6.21 Å². The summed E-state index contributed by atoms with van der Waals surface area (Å²) in [6.45, 7) is 2.06. The van der Waals surface area contributed by atoms with Crippen molar-refractivity contribution in [2.75, 3.05) is 0 Å². The smallest absolute Gasteiger partial charge is 0.0435 e. The van der Waals surface area contributed by atoms with Crippen LogP contribution in [-0.2, 0) is 0 Å². The van der Waals surface area contributed by atoms with Crippen LogP contribution >= 0.6 is 0 Å². The van der Waals surface area contributed by atoms with E-state index in [0.29, 0.717) is 0 Å². The van der Waals surface area contributed by atoms with Crippen molar-refractivity contribution in [3.63, 3.8) is 0 Å². The van der Waals surface area contributed by atoms with Crippen molar-refractivity contribution in [2.45, 2.75) is 51.9 Å². The Morgan fingerprint density at radius 3 is 2.23 bits per heavy atom. The van der Waals surface area contributed by atoms with Crippen LogP contribution in [0.2, 0.25) is 0 Å². The number of allylic oxidation sites excluding steroid dienone is 2. The molecular formula is C11H21NO. The molecule has 0 bridgehead atoms. The molecule has 0 atom stereocenters. The largest absolute Gasteiger partial charge is 0.411 e. The molecule has 0 aromatic rings. The zero-order chi connectivity index (χ0) is 9.78. The van der Waals surface area contributed by atoms with Crippen LogP contribution in [-0.4, -0.2) is 11.4 Å². The van der Waals surface area contributed by atoms with Crippen molar-refractivity contribution in [1.29, 1.82) is 0 Å². The van der Waals surface area contributed by atoms with Gasteiger partial charge in [-0.05, 0) is 32.6 Å². The highest BCUT2D eigenvalue weighted by Gasteiger charge is 1.88. The van der Waals surface area contributed by atoms with Crippen LogP contribution in [0.5, 0.6) is 0 Å². The summed E-state index contributed by atoms with van der Waals surface area (Å²) < 4.78 is 0. The van der Waals surface area contributed by atoms with Gasteiger partial charge < -0.3 is 5.21 Å². The molecule has 0 aliphatic carbocycles. The Morgan fingerprint density at radius 2 is 1.62 bits per heavy atom. The highest BCUT2D eigenvalue weighted by atomic mass is 16.4. The van der Waals surface area contributed by atoms with Gasteiger partial charge in [-0.3, -0.25) is 0 Å². The summed E-state index contributed by atoms with van der Waals surface area (Å²) in [5.41, 5.74) is 0. The Labute approximate surface area is 81.3 Å². The minimum atomic E-state index is 0.908. The third-order valence-electron chi connectivity index (χ3n) is 2.02. The summed E-state index contributed by atoms with van der Waals surface area (Å²) in [5.74, 6) is 0. The number of hydrogen-bond donors (Lipinski definition) is 1. The number of nitrogens with zero attached hydrogens (tertiary/aromatic N) is 1. The lowest BCUT2D eigenvalue weighted by atomic mass is 10.1. The monoisotopic (exact) mass is 183 g/mol. The molecule has 1 N–H and O–H groups in total. The van der Waals surface area contributed by atoms with Crippen LogP contribution < -0.4 is 0 Å². The minimum Gasteiger partial charge on any atom is -0.411 e. The minimum absolute atomic E-state index is 0.908. The van der Waals surface area contributed by atoms with E-state index in [2.05, 4.69) is 24.2 Å². The fourth-order valence-corrected chi connectivity index (χ4v) is 1.25. The Kier molecular flexibility index (Phi) is 10.5. The van der Waals surface area contributed by atoms with E-state index in [9.17, 15) is 0 Å². The normalized spacial score (nSPS) is 11.8. The second-order valence-corrected chi connectivity index (χ2v) is 3.21. The molecule has 0 aliphatic heterocycles. The molecule has 0 rings (SSSR count). The van der Waals surface area contributed by atoms with Crippen molar-refractivity contribution in [3.05, 3.63) is 12.2 Å². The maximum Gasteiger partial charge on any atom is 0.0435 e. The zero-order valence-electron chi connectivity index (χ0n) is 8.58. The van der Waals surface area contributed by atoms with Crippen LogP contribution in [0.25, 0.3) is 0 Å². The van der Waals surface area contributed by atoms with Gasteiger partial charge in [-0.2, -0.15) is 0 Å². The second kappa shape index (κ2) is 11.2. The highest BCUT2D eigenvalue weighted by molar-refractivity contribution is 5.55. The summed E-state index contributed by atoms with van der Waals surface area (Å²) in [6, 6.07) is 0. The van der Waals surface area contributed by atoms with Crippen molar-refractivity contribution >= 4 is 6.21 Å². The average Bonchev–Trinajstić information content (AvgIpc) is 2.16. The lowest BCUT2D eigenvalue weighted by Gasteiger charge is -1.97. The third-order valence-corrected chi connectivity index (χ3v) is 2.02. The molecule has 13 heavy (non-hydrogen) atoms. The van der Waals surface area contributed by atoms with Crippen molar-refractivity contribution in [1.82, 2.24) is 0 Å². The Balaban J connectivity index is 2.91. The topological polar surface area (TPSA) is 32.6 Å². The fourth-order valence-electron chi connectivity index (χ4n) is 1.25. The predicted octanol–water partition coefficient (Wildman–Crippen LogP) is 3.75. The van der Waals surface area contributed by atoms with Gasteiger partial charge in [-0.25, -0.2) is 0 Å². The number of rotatable bonds is 8. The highest BCUT2D eigenvalue weighted by Crippen LogP contribution is 2.06. The lowest BCUT2D eigenvalue weighted by molar-refractivity contribution is 0.320. The molecule has 0 spiro atoms. The molecule has 0 aromatic carbocycles. The van der Waals surface area contributed by atoms with Gasteiger partial charge in [0.25, 0.3) is 0 Å². The van der Waals surface area contributed by atoms with Crippen molar-refractivity contribution in [3.8, 4) is 0 Å². The van der Waals surface area contributed by atoms with Crippen LogP contribution in [0.1, 0.15) is 51.9 Å². The third kappa shape index (κ3) is 11.2. The van der Waals surface area contributed by atoms with E-state index < -0.39 is 0 Å². The Morgan fingerprint density at radius 1 is 1.00 bits per heavy atom. The number of unbranched alkanes of at least 4 members (excludes halogenated alkanes) is 6. The van der Waals surface area contributed by atoms with Crippen LogP contribution in [0.3, 0.4) is 0 Å². The summed E-state index contributed by atoms with van der Waals surface area (Å²) in [6.07, 6.45) is 14.3.